The molecule has 1 amide bonds. The minimum Gasteiger partial charge on any atom is -0.441 e. The summed E-state index contributed by atoms with van der Waals surface area (Å²) in [5.74, 6) is 5.44. The summed E-state index contributed by atoms with van der Waals surface area (Å²) in [5.41, 5.74) is 2.29. The van der Waals surface area contributed by atoms with Crippen LogP contribution in [0.5, 0.6) is 0 Å². The molecule has 0 bridgehead atoms. The molecule has 2 heterocycles. The number of thiophene rings is 1. The molecule has 1 N–H and O–H groups in total. The van der Waals surface area contributed by atoms with Crippen molar-refractivity contribution in [2.75, 3.05) is 13.8 Å². The van der Waals surface area contributed by atoms with Crippen molar-refractivity contribution in [1.82, 2.24) is 9.80 Å². The summed E-state index contributed by atoms with van der Waals surface area (Å²) < 4.78 is 7.86. The van der Waals surface area contributed by atoms with E-state index in [0.717, 1.165) is 26.6 Å². The van der Waals surface area contributed by atoms with Crippen LogP contribution in [0, 0.1) is 17.3 Å². The largest absolute Gasteiger partial charge is 0.441 e. The molecule has 174 valence electrons. The molecule has 3 aromatic carbocycles. The Labute approximate surface area is 207 Å². The highest BCUT2D eigenvalue weighted by Gasteiger charge is 2.36. The van der Waals surface area contributed by atoms with Crippen LogP contribution in [0.25, 0.3) is 20.2 Å². The summed E-state index contributed by atoms with van der Waals surface area (Å²) in [6, 6.07) is 20.7. The first-order valence-corrected chi connectivity index (χ1v) is 12.0. The van der Waals surface area contributed by atoms with Crippen molar-refractivity contribution in [2.45, 2.75) is 19.4 Å². The van der Waals surface area contributed by atoms with E-state index in [1.165, 1.54) is 9.60 Å². The zero-order valence-electron chi connectivity index (χ0n) is 19.4. The van der Waals surface area contributed by atoms with Gasteiger partial charge in [-0.25, -0.2) is 4.79 Å². The van der Waals surface area contributed by atoms with Gasteiger partial charge >= 0.3 is 5.97 Å². The van der Waals surface area contributed by atoms with Crippen molar-refractivity contribution >= 4 is 49.3 Å². The number of hydrogen-bond acceptors (Lipinski definition) is 5. The molecular formula is C28H23N3O3S. The fraction of sp³-hybridized carbons (Fsp3) is 0.179. The van der Waals surface area contributed by atoms with Crippen molar-refractivity contribution < 1.29 is 14.3 Å². The molecular weight excluding hydrogens is 458 g/mol. The molecule has 1 saturated heterocycles. The second-order valence-electron chi connectivity index (χ2n) is 8.34. The molecule has 1 aliphatic heterocycles. The average Bonchev–Trinajstić information content (AvgIpc) is 3.24. The minimum absolute atomic E-state index is 0.00268. The van der Waals surface area contributed by atoms with Gasteiger partial charge in [-0.2, -0.15) is 0 Å². The Balaban J connectivity index is 1.50. The average molecular weight is 482 g/mol. The Hall–Kier alpha value is -4.15. The van der Waals surface area contributed by atoms with Crippen LogP contribution in [0.15, 0.2) is 66.7 Å². The van der Waals surface area contributed by atoms with Gasteiger partial charge < -0.3 is 9.64 Å². The first-order chi connectivity index (χ1) is 17.0. The smallest absolute Gasteiger partial charge is 0.339 e. The summed E-state index contributed by atoms with van der Waals surface area (Å²) in [6.07, 6.45) is 0.182. The first kappa shape index (κ1) is 22.6. The Bertz CT molecular complexity index is 1530. The second kappa shape index (κ2) is 9.24. The molecule has 1 aliphatic rings. The zero-order valence-corrected chi connectivity index (χ0v) is 20.2. The number of amides is 1. The number of ether oxygens (including phenoxy) is 1. The molecule has 4 aromatic rings. The maximum atomic E-state index is 12.7. The van der Waals surface area contributed by atoms with Gasteiger partial charge in [-0.05, 0) is 55.0 Å². The van der Waals surface area contributed by atoms with Crippen LogP contribution in [-0.4, -0.2) is 41.4 Å². The molecule has 7 heteroatoms. The van der Waals surface area contributed by atoms with Gasteiger partial charge in [0.15, 0.2) is 6.73 Å². The fourth-order valence-electron chi connectivity index (χ4n) is 4.33. The van der Waals surface area contributed by atoms with Crippen LogP contribution in [0.3, 0.4) is 0 Å². The zero-order chi connectivity index (χ0) is 24.5. The summed E-state index contributed by atoms with van der Waals surface area (Å²) in [7, 11) is 1.57. The molecule has 5 rings (SSSR count). The maximum absolute atomic E-state index is 12.7. The van der Waals surface area contributed by atoms with Crippen LogP contribution < -0.4 is 0 Å². The number of fused-ring (bicyclic) bond motifs is 3. The standard InChI is InChI=1S/C28H23N3O3S/c1-3-7-18-10-12-24-21(14-18)22-15-20(11-13-25(22)35-24)23-16-26(32)30(2)28(29)31(23)17-34-27(33)19-8-5-4-6-9-19/h4-6,8-15,23,29H,16-17H2,1-2H3. The predicted octanol–water partition coefficient (Wildman–Crippen LogP) is 5.38. The lowest BCUT2D eigenvalue weighted by molar-refractivity contribution is -0.130. The van der Waals surface area contributed by atoms with Crippen LogP contribution >= 0.6 is 11.3 Å². The van der Waals surface area contributed by atoms with E-state index in [1.807, 2.05) is 25.1 Å². The van der Waals surface area contributed by atoms with Gasteiger partial charge in [0.25, 0.3) is 0 Å². The quantitative estimate of drug-likeness (QED) is 0.314. The third-order valence-corrected chi connectivity index (χ3v) is 7.35. The van der Waals surface area contributed by atoms with Gasteiger partial charge in [0.1, 0.15) is 0 Å². The van der Waals surface area contributed by atoms with Crippen LogP contribution in [-0.2, 0) is 9.53 Å². The van der Waals surface area contributed by atoms with Crippen molar-refractivity contribution in [1.29, 1.82) is 5.41 Å². The SMILES string of the molecule is CC#Cc1ccc2sc3ccc(C4CC(=O)N(C)C(=N)N4COC(=O)c4ccccc4)cc3c2c1. The van der Waals surface area contributed by atoms with Crippen molar-refractivity contribution in [3.8, 4) is 11.8 Å². The first-order valence-electron chi connectivity index (χ1n) is 11.2. The van der Waals surface area contributed by atoms with Crippen LogP contribution in [0.2, 0.25) is 0 Å². The number of nitrogens with zero attached hydrogens (tertiary/aromatic N) is 2. The number of carbonyl (C=O) groups excluding carboxylic acids is 2. The molecule has 0 radical (unpaired) electrons. The lowest BCUT2D eigenvalue weighted by atomic mass is 9.97. The van der Waals surface area contributed by atoms with Gasteiger partial charge in [-0.15, -0.1) is 17.3 Å². The van der Waals surface area contributed by atoms with Gasteiger partial charge in [0, 0.05) is 32.8 Å². The molecule has 35 heavy (non-hydrogen) atoms. The molecule has 0 spiro atoms. The number of carbonyl (C=O) groups is 2. The van der Waals surface area contributed by atoms with E-state index >= 15 is 0 Å². The number of benzene rings is 3. The van der Waals surface area contributed by atoms with E-state index < -0.39 is 12.0 Å². The Morgan fingerprint density at radius 1 is 1.09 bits per heavy atom. The highest BCUT2D eigenvalue weighted by Crippen LogP contribution is 2.38. The summed E-state index contributed by atoms with van der Waals surface area (Å²) in [4.78, 5) is 28.2. The van der Waals surface area contributed by atoms with Gasteiger partial charge in [-0.3, -0.25) is 15.1 Å². The highest BCUT2D eigenvalue weighted by molar-refractivity contribution is 7.25. The molecule has 0 saturated carbocycles. The summed E-state index contributed by atoms with van der Waals surface area (Å²) >= 11 is 1.71. The van der Waals surface area contributed by atoms with Crippen molar-refractivity contribution in [3.63, 3.8) is 0 Å². The topological polar surface area (TPSA) is 73.7 Å². The van der Waals surface area contributed by atoms with E-state index in [4.69, 9.17) is 10.1 Å². The second-order valence-corrected chi connectivity index (χ2v) is 9.42. The lowest BCUT2D eigenvalue weighted by Crippen LogP contribution is -2.53. The Morgan fingerprint density at radius 2 is 1.80 bits per heavy atom. The van der Waals surface area contributed by atoms with Crippen LogP contribution in [0.4, 0.5) is 0 Å². The van der Waals surface area contributed by atoms with Gasteiger partial charge in [0.05, 0.1) is 18.0 Å². The summed E-state index contributed by atoms with van der Waals surface area (Å²) in [5, 5.41) is 10.8. The van der Waals surface area contributed by atoms with Crippen molar-refractivity contribution in [3.05, 3.63) is 83.4 Å². The third kappa shape index (κ3) is 4.25. The van der Waals surface area contributed by atoms with Crippen LogP contribution in [0.1, 0.15) is 40.9 Å². The molecule has 1 unspecified atom stereocenters. The molecule has 1 atom stereocenters. The normalized spacial score (nSPS) is 15.9. The Morgan fingerprint density at radius 3 is 2.54 bits per heavy atom. The Kier molecular flexibility index (Phi) is 5.98. The van der Waals surface area contributed by atoms with E-state index in [-0.39, 0.29) is 25.0 Å². The monoisotopic (exact) mass is 481 g/mol. The highest BCUT2D eigenvalue weighted by atomic mass is 32.1. The molecule has 1 aromatic heterocycles. The number of guanidine groups is 1. The maximum Gasteiger partial charge on any atom is 0.339 e. The number of rotatable bonds is 4. The lowest BCUT2D eigenvalue weighted by Gasteiger charge is -2.40. The summed E-state index contributed by atoms with van der Waals surface area (Å²) in [6.45, 7) is 1.69. The number of hydrogen-bond donors (Lipinski definition) is 1. The molecule has 0 aliphatic carbocycles. The predicted molar refractivity (Wildman–Crippen MR) is 138 cm³/mol. The fourth-order valence-corrected chi connectivity index (χ4v) is 5.40. The van der Waals surface area contributed by atoms with Gasteiger partial charge in [-0.1, -0.05) is 30.2 Å². The van der Waals surface area contributed by atoms with Gasteiger partial charge in [0.2, 0.25) is 11.9 Å². The number of nitrogens with one attached hydrogen (secondary N) is 1. The minimum atomic E-state index is -0.472. The number of esters is 1. The van der Waals surface area contributed by atoms with E-state index in [2.05, 4.69) is 36.1 Å². The van der Waals surface area contributed by atoms with Crippen molar-refractivity contribution in [2.24, 2.45) is 0 Å². The third-order valence-electron chi connectivity index (χ3n) is 6.20. The van der Waals surface area contributed by atoms with E-state index in [0.29, 0.717) is 5.56 Å². The molecule has 6 nitrogen and oxygen atoms in total. The molecule has 1 fully saturated rings. The van der Waals surface area contributed by atoms with E-state index in [1.54, 1.807) is 47.5 Å². The van der Waals surface area contributed by atoms with E-state index in [9.17, 15) is 9.59 Å².